The van der Waals surface area contributed by atoms with Crippen molar-refractivity contribution in [1.82, 2.24) is 10.3 Å². The minimum absolute atomic E-state index is 0.0390. The van der Waals surface area contributed by atoms with Gasteiger partial charge in [-0.1, -0.05) is 6.07 Å². The lowest BCUT2D eigenvalue weighted by Gasteiger charge is -2.08. The Balaban J connectivity index is 1.79. The van der Waals surface area contributed by atoms with Crippen molar-refractivity contribution in [3.8, 4) is 5.75 Å². The van der Waals surface area contributed by atoms with E-state index in [2.05, 4.69) is 10.3 Å². The number of carbonyl (C=O) groups excluding carboxylic acids is 1. The number of amides is 1. The summed E-state index contributed by atoms with van der Waals surface area (Å²) in [4.78, 5) is 15.7. The van der Waals surface area contributed by atoms with Gasteiger partial charge in [-0.25, -0.2) is 0 Å². The molecule has 7 heteroatoms. The maximum atomic E-state index is 12.1. The molecule has 22 heavy (non-hydrogen) atoms. The molecule has 1 aromatic carbocycles. The standard InChI is InChI=1S/C15H14N2O4S/c18-15(17-12-6-7-12)11-3-1-4-13(9-11)21-22(19,20)14-5-2-8-16-10-14/h1-5,8-10,12H,6-7H2,(H,17,18). The Morgan fingerprint density at radius 1 is 1.23 bits per heavy atom. The quantitative estimate of drug-likeness (QED) is 0.849. The van der Waals surface area contributed by atoms with E-state index in [1.807, 2.05) is 0 Å². The molecule has 0 spiro atoms. The minimum atomic E-state index is -3.96. The van der Waals surface area contributed by atoms with Gasteiger partial charge in [-0.15, -0.1) is 0 Å². The Morgan fingerprint density at radius 2 is 2.05 bits per heavy atom. The summed E-state index contributed by atoms with van der Waals surface area (Å²) in [5.74, 6) is -0.140. The molecule has 1 N–H and O–H groups in total. The maximum absolute atomic E-state index is 12.1. The van der Waals surface area contributed by atoms with E-state index >= 15 is 0 Å². The second-order valence-corrected chi connectivity index (χ2v) is 6.55. The highest BCUT2D eigenvalue weighted by Gasteiger charge is 2.24. The summed E-state index contributed by atoms with van der Waals surface area (Å²) in [5, 5.41) is 2.84. The molecule has 0 radical (unpaired) electrons. The van der Waals surface area contributed by atoms with E-state index in [1.165, 1.54) is 36.7 Å². The van der Waals surface area contributed by atoms with Gasteiger partial charge in [0.2, 0.25) is 0 Å². The van der Waals surface area contributed by atoms with Crippen LogP contribution in [-0.2, 0) is 10.1 Å². The lowest BCUT2D eigenvalue weighted by molar-refractivity contribution is 0.0951. The SMILES string of the molecule is O=C(NC1CC1)c1cccc(OS(=O)(=O)c2cccnc2)c1. The molecule has 6 nitrogen and oxygen atoms in total. The summed E-state index contributed by atoms with van der Waals surface area (Å²) < 4.78 is 29.3. The van der Waals surface area contributed by atoms with Gasteiger partial charge in [0.05, 0.1) is 0 Å². The van der Waals surface area contributed by atoms with Crippen molar-refractivity contribution in [3.63, 3.8) is 0 Å². The van der Waals surface area contributed by atoms with E-state index in [-0.39, 0.29) is 22.6 Å². The lowest BCUT2D eigenvalue weighted by atomic mass is 10.2. The fourth-order valence-electron chi connectivity index (χ4n) is 1.86. The van der Waals surface area contributed by atoms with Crippen LogP contribution >= 0.6 is 0 Å². The number of benzene rings is 1. The van der Waals surface area contributed by atoms with E-state index in [4.69, 9.17) is 4.18 Å². The Morgan fingerprint density at radius 3 is 2.73 bits per heavy atom. The van der Waals surface area contributed by atoms with Crippen molar-refractivity contribution in [1.29, 1.82) is 0 Å². The average molecular weight is 318 g/mol. The number of nitrogens with zero attached hydrogens (tertiary/aromatic N) is 1. The van der Waals surface area contributed by atoms with E-state index in [0.717, 1.165) is 12.8 Å². The van der Waals surface area contributed by atoms with Gasteiger partial charge in [0.15, 0.2) is 0 Å². The predicted molar refractivity (Wildman–Crippen MR) is 79.0 cm³/mol. The maximum Gasteiger partial charge on any atom is 0.340 e. The number of aromatic nitrogens is 1. The number of hydrogen-bond donors (Lipinski definition) is 1. The van der Waals surface area contributed by atoms with E-state index in [0.29, 0.717) is 5.56 Å². The third-order valence-electron chi connectivity index (χ3n) is 3.14. The van der Waals surface area contributed by atoms with Gasteiger partial charge in [-0.2, -0.15) is 8.42 Å². The molecule has 0 atom stereocenters. The van der Waals surface area contributed by atoms with Crippen LogP contribution < -0.4 is 9.50 Å². The minimum Gasteiger partial charge on any atom is -0.379 e. The highest BCUT2D eigenvalue weighted by molar-refractivity contribution is 7.87. The van der Waals surface area contributed by atoms with Crippen molar-refractivity contribution < 1.29 is 17.4 Å². The molecule has 1 saturated carbocycles. The zero-order valence-electron chi connectivity index (χ0n) is 11.6. The van der Waals surface area contributed by atoms with Gasteiger partial charge in [-0.05, 0) is 43.2 Å². The molecule has 1 aliphatic rings. The molecule has 3 rings (SSSR count). The molecule has 1 aromatic heterocycles. The van der Waals surface area contributed by atoms with Crippen molar-refractivity contribution in [2.24, 2.45) is 0 Å². The number of hydrogen-bond acceptors (Lipinski definition) is 5. The van der Waals surface area contributed by atoms with Gasteiger partial charge in [0.25, 0.3) is 5.91 Å². The normalized spacial score (nSPS) is 14.4. The molecule has 0 saturated heterocycles. The largest absolute Gasteiger partial charge is 0.379 e. The van der Waals surface area contributed by atoms with E-state index in [9.17, 15) is 13.2 Å². The van der Waals surface area contributed by atoms with Gasteiger partial charge in [0.1, 0.15) is 10.6 Å². The fourth-order valence-corrected chi connectivity index (χ4v) is 2.74. The van der Waals surface area contributed by atoms with Crippen LogP contribution in [-0.4, -0.2) is 25.4 Å². The van der Waals surface area contributed by atoms with Crippen LogP contribution in [0.1, 0.15) is 23.2 Å². The number of nitrogens with one attached hydrogen (secondary N) is 1. The first kappa shape index (κ1) is 14.5. The lowest BCUT2D eigenvalue weighted by Crippen LogP contribution is -2.25. The Hall–Kier alpha value is -2.41. The van der Waals surface area contributed by atoms with Gasteiger partial charge in [0, 0.05) is 24.0 Å². The molecule has 114 valence electrons. The second-order valence-electron chi connectivity index (χ2n) is 5.00. The first-order chi connectivity index (χ1) is 10.5. The fraction of sp³-hybridized carbons (Fsp3) is 0.200. The third kappa shape index (κ3) is 3.43. The van der Waals surface area contributed by atoms with Crippen LogP contribution in [0.5, 0.6) is 5.75 Å². The van der Waals surface area contributed by atoms with Crippen LogP contribution in [0.15, 0.2) is 53.7 Å². The first-order valence-corrected chi connectivity index (χ1v) is 8.21. The summed E-state index contributed by atoms with van der Waals surface area (Å²) in [5.41, 5.74) is 0.366. The third-order valence-corrected chi connectivity index (χ3v) is 4.37. The average Bonchev–Trinajstić information content (AvgIpc) is 3.32. The second kappa shape index (κ2) is 5.76. The van der Waals surface area contributed by atoms with Crippen LogP contribution in [0.4, 0.5) is 0 Å². The highest BCUT2D eigenvalue weighted by Crippen LogP contribution is 2.22. The number of pyridine rings is 1. The molecule has 2 aromatic rings. The van der Waals surface area contributed by atoms with Gasteiger partial charge in [-0.3, -0.25) is 9.78 Å². The van der Waals surface area contributed by atoms with Crippen LogP contribution in [0, 0.1) is 0 Å². The molecule has 0 unspecified atom stereocenters. The molecule has 0 bridgehead atoms. The molecule has 0 aliphatic heterocycles. The molecule has 1 aliphatic carbocycles. The molecule has 1 fully saturated rings. The summed E-state index contributed by atoms with van der Waals surface area (Å²) in [7, 11) is -3.96. The Labute approximate surface area is 128 Å². The van der Waals surface area contributed by atoms with Gasteiger partial charge >= 0.3 is 10.1 Å². The molecule has 1 amide bonds. The number of carbonyl (C=O) groups is 1. The van der Waals surface area contributed by atoms with Crippen molar-refractivity contribution in [2.45, 2.75) is 23.8 Å². The smallest absolute Gasteiger partial charge is 0.340 e. The van der Waals surface area contributed by atoms with Crippen LogP contribution in [0.2, 0.25) is 0 Å². The predicted octanol–water partition coefficient (Wildman–Crippen LogP) is 1.74. The van der Waals surface area contributed by atoms with Crippen molar-refractivity contribution in [3.05, 3.63) is 54.4 Å². The van der Waals surface area contributed by atoms with Crippen molar-refractivity contribution >= 4 is 16.0 Å². The number of rotatable bonds is 5. The molecule has 1 heterocycles. The first-order valence-electron chi connectivity index (χ1n) is 6.80. The summed E-state index contributed by atoms with van der Waals surface area (Å²) >= 11 is 0. The summed E-state index contributed by atoms with van der Waals surface area (Å²) in [6.45, 7) is 0. The van der Waals surface area contributed by atoms with E-state index < -0.39 is 10.1 Å². The molecular formula is C15H14N2O4S. The van der Waals surface area contributed by atoms with Gasteiger partial charge < -0.3 is 9.50 Å². The Kier molecular flexibility index (Phi) is 3.81. The highest BCUT2D eigenvalue weighted by atomic mass is 32.2. The zero-order chi connectivity index (χ0) is 15.6. The summed E-state index contributed by atoms with van der Waals surface area (Å²) in [6.07, 6.45) is 4.65. The zero-order valence-corrected chi connectivity index (χ0v) is 12.4. The van der Waals surface area contributed by atoms with Crippen LogP contribution in [0.3, 0.4) is 0 Å². The van der Waals surface area contributed by atoms with Crippen molar-refractivity contribution in [2.75, 3.05) is 0 Å². The van der Waals surface area contributed by atoms with Crippen LogP contribution in [0.25, 0.3) is 0 Å². The van der Waals surface area contributed by atoms with E-state index in [1.54, 1.807) is 12.1 Å². The molecular weight excluding hydrogens is 304 g/mol. The topological polar surface area (TPSA) is 85.4 Å². The monoisotopic (exact) mass is 318 g/mol. The Bertz CT molecular complexity index is 786. The summed E-state index contributed by atoms with van der Waals surface area (Å²) in [6, 6.07) is 9.23.